The summed E-state index contributed by atoms with van der Waals surface area (Å²) in [4.78, 5) is 0.369. The molecule has 1 aromatic heterocycles. The Morgan fingerprint density at radius 3 is 2.50 bits per heavy atom. The minimum absolute atomic E-state index is 0.0769. The van der Waals surface area contributed by atoms with Crippen LogP contribution in [0.1, 0.15) is 5.56 Å². The lowest BCUT2D eigenvalue weighted by Crippen LogP contribution is -2.03. The van der Waals surface area contributed by atoms with Gasteiger partial charge < -0.3 is 4.74 Å². The van der Waals surface area contributed by atoms with E-state index in [1.807, 2.05) is 0 Å². The zero-order valence-electron chi connectivity index (χ0n) is 8.73. The molecular formula is C11H5F3N2OS. The fraction of sp³-hybridized carbons (Fsp3) is 0.0909. The van der Waals surface area contributed by atoms with Crippen LogP contribution in [-0.2, 0) is 0 Å². The van der Waals surface area contributed by atoms with Crippen molar-refractivity contribution >= 4 is 11.5 Å². The van der Waals surface area contributed by atoms with E-state index in [1.165, 1.54) is 24.3 Å². The third kappa shape index (κ3) is 2.43. The van der Waals surface area contributed by atoms with Crippen molar-refractivity contribution in [3.8, 4) is 22.4 Å². The van der Waals surface area contributed by atoms with Crippen molar-refractivity contribution in [1.29, 1.82) is 5.26 Å². The highest BCUT2D eigenvalue weighted by Crippen LogP contribution is 2.34. The Labute approximate surface area is 104 Å². The van der Waals surface area contributed by atoms with Crippen LogP contribution in [0, 0.1) is 17.1 Å². The Bertz CT molecular complexity index is 589. The molecule has 3 nitrogen and oxygen atoms in total. The maximum absolute atomic E-state index is 12.8. The van der Waals surface area contributed by atoms with Gasteiger partial charge in [0.1, 0.15) is 17.4 Å². The zero-order chi connectivity index (χ0) is 13.1. The molecule has 2 aromatic rings. The van der Waals surface area contributed by atoms with Crippen molar-refractivity contribution in [1.82, 2.24) is 4.37 Å². The summed E-state index contributed by atoms with van der Waals surface area (Å²) in [5, 5.41) is 8.93. The third-order valence-electron chi connectivity index (χ3n) is 2.08. The molecule has 0 unspecified atom stereocenters. The summed E-state index contributed by atoms with van der Waals surface area (Å²) in [5.41, 5.74) is 0.446. The summed E-state index contributed by atoms with van der Waals surface area (Å²) in [7, 11) is 0. The first-order chi connectivity index (χ1) is 8.61. The molecule has 0 fully saturated rings. The smallest absolute Gasteiger partial charge is 0.388 e. The molecule has 0 N–H and O–H groups in total. The molecule has 0 aliphatic carbocycles. The summed E-state index contributed by atoms with van der Waals surface area (Å²) in [6.07, 6.45) is 0. The van der Waals surface area contributed by atoms with Crippen molar-refractivity contribution in [2.24, 2.45) is 0 Å². The van der Waals surface area contributed by atoms with E-state index in [0.717, 1.165) is 11.5 Å². The Hall–Kier alpha value is -2.07. The molecule has 1 aromatic carbocycles. The number of alkyl halides is 2. The van der Waals surface area contributed by atoms with E-state index in [4.69, 9.17) is 5.26 Å². The first kappa shape index (κ1) is 12.4. The number of rotatable bonds is 3. The standard InChI is InChI=1S/C11H5F3N2OS/c12-7-3-1-6(2-4-7)9-8(5-15)10(16-18-9)17-11(13)14/h1-4,11H. The van der Waals surface area contributed by atoms with Crippen LogP contribution in [0.2, 0.25) is 0 Å². The van der Waals surface area contributed by atoms with Crippen molar-refractivity contribution in [3.05, 3.63) is 35.6 Å². The van der Waals surface area contributed by atoms with Crippen LogP contribution in [0.15, 0.2) is 24.3 Å². The highest BCUT2D eigenvalue weighted by atomic mass is 32.1. The van der Waals surface area contributed by atoms with Gasteiger partial charge in [-0.15, -0.1) is 0 Å². The Balaban J connectivity index is 2.43. The topological polar surface area (TPSA) is 45.9 Å². The summed E-state index contributed by atoms with van der Waals surface area (Å²) in [5.74, 6) is -0.831. The van der Waals surface area contributed by atoms with Gasteiger partial charge in [-0.05, 0) is 29.2 Å². The summed E-state index contributed by atoms with van der Waals surface area (Å²) in [6.45, 7) is -3.04. The molecule has 0 radical (unpaired) electrons. The molecule has 0 aliphatic heterocycles. The van der Waals surface area contributed by atoms with Gasteiger partial charge in [0, 0.05) is 0 Å². The lowest BCUT2D eigenvalue weighted by molar-refractivity contribution is -0.0523. The van der Waals surface area contributed by atoms with Gasteiger partial charge in [-0.3, -0.25) is 0 Å². The Kier molecular flexibility index (Phi) is 3.48. The average Bonchev–Trinajstić information content (AvgIpc) is 2.72. The predicted octanol–water partition coefficient (Wildman–Crippen LogP) is 3.42. The minimum Gasteiger partial charge on any atom is -0.415 e. The first-order valence-corrected chi connectivity index (χ1v) is 5.49. The number of nitriles is 1. The lowest BCUT2D eigenvalue weighted by atomic mass is 10.1. The van der Waals surface area contributed by atoms with Gasteiger partial charge in [-0.25, -0.2) is 4.39 Å². The van der Waals surface area contributed by atoms with Crippen LogP contribution in [0.25, 0.3) is 10.4 Å². The van der Waals surface area contributed by atoms with E-state index < -0.39 is 18.3 Å². The highest BCUT2D eigenvalue weighted by Gasteiger charge is 2.19. The number of nitrogens with zero attached hydrogens (tertiary/aromatic N) is 2. The number of hydrogen-bond donors (Lipinski definition) is 0. The number of halogens is 3. The Morgan fingerprint density at radius 1 is 1.28 bits per heavy atom. The second-order valence-electron chi connectivity index (χ2n) is 3.19. The summed E-state index contributed by atoms with van der Waals surface area (Å²) >= 11 is 0.848. The van der Waals surface area contributed by atoms with E-state index in [0.29, 0.717) is 10.4 Å². The highest BCUT2D eigenvalue weighted by molar-refractivity contribution is 7.10. The normalized spacial score (nSPS) is 10.4. The van der Waals surface area contributed by atoms with Crippen LogP contribution in [0.4, 0.5) is 13.2 Å². The quantitative estimate of drug-likeness (QED) is 0.858. The monoisotopic (exact) mass is 270 g/mol. The molecule has 0 aliphatic rings. The van der Waals surface area contributed by atoms with Crippen LogP contribution < -0.4 is 4.74 Å². The van der Waals surface area contributed by atoms with Crippen molar-refractivity contribution in [2.45, 2.75) is 6.61 Å². The molecule has 2 rings (SSSR count). The van der Waals surface area contributed by atoms with Gasteiger partial charge >= 0.3 is 6.61 Å². The fourth-order valence-corrected chi connectivity index (χ4v) is 2.11. The van der Waals surface area contributed by atoms with Crippen LogP contribution >= 0.6 is 11.5 Å². The zero-order valence-corrected chi connectivity index (χ0v) is 9.55. The molecular weight excluding hydrogens is 265 g/mol. The van der Waals surface area contributed by atoms with Gasteiger partial charge in [0.15, 0.2) is 0 Å². The molecule has 0 atom stereocenters. The largest absolute Gasteiger partial charge is 0.415 e. The average molecular weight is 270 g/mol. The maximum Gasteiger partial charge on any atom is 0.388 e. The second-order valence-corrected chi connectivity index (χ2v) is 3.96. The second kappa shape index (κ2) is 5.06. The van der Waals surface area contributed by atoms with E-state index in [1.54, 1.807) is 6.07 Å². The van der Waals surface area contributed by atoms with E-state index in [2.05, 4.69) is 9.11 Å². The predicted molar refractivity (Wildman–Crippen MR) is 58.9 cm³/mol. The van der Waals surface area contributed by atoms with E-state index >= 15 is 0 Å². The van der Waals surface area contributed by atoms with Gasteiger partial charge in [0.25, 0.3) is 0 Å². The molecule has 0 amide bonds. The molecule has 18 heavy (non-hydrogen) atoms. The number of hydrogen-bond acceptors (Lipinski definition) is 4. The summed E-state index contributed by atoms with van der Waals surface area (Å²) in [6, 6.07) is 7.06. The van der Waals surface area contributed by atoms with Crippen molar-refractivity contribution < 1.29 is 17.9 Å². The van der Waals surface area contributed by atoms with Crippen molar-refractivity contribution in [3.63, 3.8) is 0 Å². The number of ether oxygens (including phenoxy) is 1. The molecule has 0 saturated heterocycles. The van der Waals surface area contributed by atoms with Crippen LogP contribution in [0.3, 0.4) is 0 Å². The molecule has 0 spiro atoms. The van der Waals surface area contributed by atoms with Gasteiger partial charge in [-0.1, -0.05) is 12.1 Å². The van der Waals surface area contributed by atoms with Crippen molar-refractivity contribution in [2.75, 3.05) is 0 Å². The Morgan fingerprint density at radius 2 is 1.94 bits per heavy atom. The minimum atomic E-state index is -3.04. The van der Waals surface area contributed by atoms with Gasteiger partial charge in [-0.2, -0.15) is 18.4 Å². The third-order valence-corrected chi connectivity index (χ3v) is 2.96. The van der Waals surface area contributed by atoms with Crippen LogP contribution in [-0.4, -0.2) is 11.0 Å². The van der Waals surface area contributed by atoms with Crippen LogP contribution in [0.5, 0.6) is 5.88 Å². The number of aromatic nitrogens is 1. The molecule has 0 bridgehead atoms. The fourth-order valence-electron chi connectivity index (χ4n) is 1.34. The first-order valence-electron chi connectivity index (χ1n) is 4.72. The molecule has 92 valence electrons. The molecule has 1 heterocycles. The molecule has 7 heteroatoms. The molecule has 0 saturated carbocycles. The SMILES string of the molecule is N#Cc1c(OC(F)F)nsc1-c1ccc(F)cc1. The van der Waals surface area contributed by atoms with Gasteiger partial charge in [0.05, 0.1) is 4.88 Å². The lowest BCUT2D eigenvalue weighted by Gasteiger charge is -2.00. The van der Waals surface area contributed by atoms with Gasteiger partial charge in [0.2, 0.25) is 5.88 Å². The maximum atomic E-state index is 12.8. The number of benzene rings is 1. The van der Waals surface area contributed by atoms with E-state index in [-0.39, 0.29) is 5.56 Å². The summed E-state index contributed by atoms with van der Waals surface area (Å²) < 4.78 is 44.7. The van der Waals surface area contributed by atoms with E-state index in [9.17, 15) is 13.2 Å².